The molecule has 2 aromatic carbocycles. The van der Waals surface area contributed by atoms with Gasteiger partial charge >= 0.3 is 0 Å². The quantitative estimate of drug-likeness (QED) is 0.432. The van der Waals surface area contributed by atoms with E-state index in [0.29, 0.717) is 34.8 Å². The summed E-state index contributed by atoms with van der Waals surface area (Å²) in [5.41, 5.74) is 1.93. The first-order valence-corrected chi connectivity index (χ1v) is 10.1. The van der Waals surface area contributed by atoms with Crippen molar-refractivity contribution in [3.05, 3.63) is 63.6 Å². The molecule has 0 saturated carbocycles. The van der Waals surface area contributed by atoms with Crippen molar-refractivity contribution in [1.29, 1.82) is 0 Å². The van der Waals surface area contributed by atoms with Crippen LogP contribution < -0.4 is 20.7 Å². The number of benzene rings is 2. The Bertz CT molecular complexity index is 858. The highest BCUT2D eigenvalue weighted by molar-refractivity contribution is 6.35. The summed E-state index contributed by atoms with van der Waals surface area (Å²) in [7, 11) is 1.71. The van der Waals surface area contributed by atoms with Crippen molar-refractivity contribution < 1.29 is 9.53 Å². The van der Waals surface area contributed by atoms with Gasteiger partial charge in [0.1, 0.15) is 5.75 Å². The monoisotopic (exact) mass is 436 g/mol. The predicted molar refractivity (Wildman–Crippen MR) is 119 cm³/mol. The maximum Gasteiger partial charge on any atom is 0.257 e. The molecule has 0 aliphatic carbocycles. The molecule has 0 heterocycles. The lowest BCUT2D eigenvalue weighted by Gasteiger charge is -2.19. The predicted octanol–water partition coefficient (Wildman–Crippen LogP) is 3.93. The molecule has 1 amide bonds. The Morgan fingerprint density at radius 3 is 2.66 bits per heavy atom. The van der Waals surface area contributed by atoms with Gasteiger partial charge in [0.25, 0.3) is 5.91 Å². The van der Waals surface area contributed by atoms with E-state index in [9.17, 15) is 4.79 Å². The van der Waals surface area contributed by atoms with Gasteiger partial charge in [-0.2, -0.15) is 0 Å². The highest BCUT2D eigenvalue weighted by Gasteiger charge is 2.12. The van der Waals surface area contributed by atoms with Gasteiger partial charge in [0.2, 0.25) is 0 Å². The van der Waals surface area contributed by atoms with Crippen molar-refractivity contribution in [3.63, 3.8) is 0 Å². The summed E-state index contributed by atoms with van der Waals surface area (Å²) in [6.45, 7) is 4.98. The van der Waals surface area contributed by atoms with E-state index in [4.69, 9.17) is 27.9 Å². The van der Waals surface area contributed by atoms with E-state index < -0.39 is 0 Å². The smallest absolute Gasteiger partial charge is 0.257 e. The zero-order valence-corrected chi connectivity index (χ0v) is 18.3. The number of aliphatic imine (C=N–C) groups is 1. The third-order valence-corrected chi connectivity index (χ3v) is 4.67. The fraction of sp³-hybridized carbons (Fsp3) is 0.333. The first-order chi connectivity index (χ1) is 13.9. The Labute approximate surface area is 181 Å². The second-order valence-corrected chi connectivity index (χ2v) is 7.19. The fourth-order valence-corrected chi connectivity index (χ4v) is 3.23. The zero-order valence-electron chi connectivity index (χ0n) is 16.8. The third kappa shape index (κ3) is 7.48. The molecule has 0 spiro atoms. The van der Waals surface area contributed by atoms with Crippen LogP contribution in [0.1, 0.15) is 31.0 Å². The molecule has 156 valence electrons. The van der Waals surface area contributed by atoms with Crippen LogP contribution in [0.5, 0.6) is 5.75 Å². The van der Waals surface area contributed by atoms with Crippen LogP contribution in [-0.4, -0.2) is 32.1 Å². The maximum atomic E-state index is 11.5. The van der Waals surface area contributed by atoms with Gasteiger partial charge in [-0.15, -0.1) is 0 Å². The Morgan fingerprint density at radius 1 is 1.17 bits per heavy atom. The summed E-state index contributed by atoms with van der Waals surface area (Å²) < 4.78 is 5.53. The van der Waals surface area contributed by atoms with Crippen LogP contribution in [-0.2, 0) is 11.3 Å². The molecule has 0 saturated heterocycles. The van der Waals surface area contributed by atoms with Crippen molar-refractivity contribution in [2.75, 3.05) is 20.2 Å². The molecule has 6 nitrogen and oxygen atoms in total. The van der Waals surface area contributed by atoms with E-state index in [1.807, 2.05) is 50.2 Å². The number of amides is 1. The van der Waals surface area contributed by atoms with Crippen molar-refractivity contribution in [1.82, 2.24) is 16.0 Å². The van der Waals surface area contributed by atoms with E-state index in [-0.39, 0.29) is 18.6 Å². The molecule has 0 bridgehead atoms. The number of ether oxygens (including phenoxy) is 1. The number of halogens is 2. The second-order valence-electron chi connectivity index (χ2n) is 6.35. The summed E-state index contributed by atoms with van der Waals surface area (Å²) >= 11 is 12.3. The number of likely N-dealkylation sites (N-methyl/N-ethyl adjacent to an activating group) is 1. The maximum absolute atomic E-state index is 11.5. The Morgan fingerprint density at radius 2 is 1.97 bits per heavy atom. The normalized spacial score (nSPS) is 12.2. The summed E-state index contributed by atoms with van der Waals surface area (Å²) in [6.07, 6.45) is 0. The fourth-order valence-electron chi connectivity index (χ4n) is 2.66. The largest absolute Gasteiger partial charge is 0.484 e. The van der Waals surface area contributed by atoms with Crippen molar-refractivity contribution >= 4 is 35.1 Å². The first kappa shape index (κ1) is 22.8. The van der Waals surface area contributed by atoms with E-state index in [0.717, 1.165) is 11.1 Å². The van der Waals surface area contributed by atoms with Gasteiger partial charge in [0.15, 0.2) is 12.6 Å². The molecule has 0 aliphatic rings. The summed E-state index contributed by atoms with van der Waals surface area (Å²) in [5.74, 6) is 1.13. The molecule has 1 unspecified atom stereocenters. The van der Waals surface area contributed by atoms with Crippen molar-refractivity contribution in [2.24, 2.45) is 4.99 Å². The third-order valence-electron chi connectivity index (χ3n) is 4.11. The minimum Gasteiger partial charge on any atom is -0.484 e. The zero-order chi connectivity index (χ0) is 21.2. The van der Waals surface area contributed by atoms with Crippen LogP contribution in [0.25, 0.3) is 0 Å². The molecule has 29 heavy (non-hydrogen) atoms. The molecule has 8 heteroatoms. The van der Waals surface area contributed by atoms with Crippen molar-refractivity contribution in [3.8, 4) is 5.75 Å². The molecule has 2 rings (SSSR count). The average Bonchev–Trinajstić information content (AvgIpc) is 2.70. The Hall–Kier alpha value is -2.44. The SMILES string of the molecule is CCNC(=O)COc1cccc(CNC(=NC)NC(C)c2ccc(Cl)cc2Cl)c1. The van der Waals surface area contributed by atoms with Gasteiger partial charge < -0.3 is 20.7 Å². The van der Waals surface area contributed by atoms with Crippen LogP contribution >= 0.6 is 23.2 Å². The summed E-state index contributed by atoms with van der Waals surface area (Å²) in [6, 6.07) is 12.9. The molecular weight excluding hydrogens is 411 g/mol. The van der Waals surface area contributed by atoms with E-state index in [1.54, 1.807) is 13.1 Å². The molecule has 1 atom stereocenters. The van der Waals surface area contributed by atoms with Gasteiger partial charge in [-0.3, -0.25) is 9.79 Å². The topological polar surface area (TPSA) is 74.8 Å². The number of carbonyl (C=O) groups excluding carboxylic acids is 1. The van der Waals surface area contributed by atoms with Gasteiger partial charge in [0.05, 0.1) is 6.04 Å². The number of hydrogen-bond donors (Lipinski definition) is 3. The van der Waals surface area contributed by atoms with Crippen LogP contribution in [0, 0.1) is 0 Å². The highest BCUT2D eigenvalue weighted by atomic mass is 35.5. The van der Waals surface area contributed by atoms with Gasteiger partial charge in [-0.05, 0) is 49.2 Å². The molecule has 0 fully saturated rings. The number of nitrogens with zero attached hydrogens (tertiary/aromatic N) is 1. The number of carbonyl (C=O) groups is 1. The van der Waals surface area contributed by atoms with E-state index in [2.05, 4.69) is 20.9 Å². The van der Waals surface area contributed by atoms with Crippen LogP contribution in [0.2, 0.25) is 10.0 Å². The van der Waals surface area contributed by atoms with Crippen LogP contribution in [0.3, 0.4) is 0 Å². The van der Waals surface area contributed by atoms with Crippen LogP contribution in [0.4, 0.5) is 0 Å². The highest BCUT2D eigenvalue weighted by Crippen LogP contribution is 2.26. The molecule has 0 radical (unpaired) electrons. The van der Waals surface area contributed by atoms with E-state index >= 15 is 0 Å². The molecular formula is C21H26Cl2N4O2. The van der Waals surface area contributed by atoms with E-state index in [1.165, 1.54) is 0 Å². The Kier molecular flexibility index (Phi) is 9.09. The molecule has 0 aromatic heterocycles. The van der Waals surface area contributed by atoms with Gasteiger partial charge in [-0.1, -0.05) is 41.4 Å². The average molecular weight is 437 g/mol. The van der Waals surface area contributed by atoms with Gasteiger partial charge in [0, 0.05) is 30.2 Å². The van der Waals surface area contributed by atoms with Gasteiger partial charge in [-0.25, -0.2) is 0 Å². The lowest BCUT2D eigenvalue weighted by atomic mass is 10.1. The minimum absolute atomic E-state index is 0.00663. The Balaban J connectivity index is 1.92. The number of rotatable bonds is 8. The number of nitrogens with one attached hydrogen (secondary N) is 3. The summed E-state index contributed by atoms with van der Waals surface area (Å²) in [4.78, 5) is 15.8. The minimum atomic E-state index is -0.143. The molecule has 0 aliphatic heterocycles. The van der Waals surface area contributed by atoms with Crippen molar-refractivity contribution in [2.45, 2.75) is 26.4 Å². The molecule has 3 N–H and O–H groups in total. The number of guanidine groups is 1. The lowest BCUT2D eigenvalue weighted by Crippen LogP contribution is -2.38. The second kappa shape index (κ2) is 11.5. The lowest BCUT2D eigenvalue weighted by molar-refractivity contribution is -0.122. The first-order valence-electron chi connectivity index (χ1n) is 9.33. The standard InChI is InChI=1S/C21H26Cl2N4O2/c1-4-25-20(28)13-29-17-7-5-6-15(10-17)12-26-21(24-3)27-14(2)18-9-8-16(22)11-19(18)23/h5-11,14H,4,12-13H2,1-3H3,(H,25,28)(H2,24,26,27). The summed E-state index contributed by atoms with van der Waals surface area (Å²) in [5, 5.41) is 10.5. The van der Waals surface area contributed by atoms with Crippen LogP contribution in [0.15, 0.2) is 47.5 Å². The number of hydrogen-bond acceptors (Lipinski definition) is 3. The molecule has 2 aromatic rings.